The first-order valence-corrected chi connectivity index (χ1v) is 8.26. The zero-order valence-electron chi connectivity index (χ0n) is 14.6. The van der Waals surface area contributed by atoms with Crippen LogP contribution in [0.15, 0.2) is 53.5 Å². The van der Waals surface area contributed by atoms with Gasteiger partial charge >= 0.3 is 0 Å². The molecule has 1 amide bonds. The smallest absolute Gasteiger partial charge is 0.251 e. The molecule has 0 saturated heterocycles. The summed E-state index contributed by atoms with van der Waals surface area (Å²) in [5.41, 5.74) is 8.76. The Bertz CT molecular complexity index is 777. The van der Waals surface area contributed by atoms with Crippen LogP contribution in [0.5, 0.6) is 5.75 Å². The van der Waals surface area contributed by atoms with Gasteiger partial charge in [-0.25, -0.2) is 4.99 Å². The number of hydrogen-bond acceptors (Lipinski definition) is 3. The number of carbonyl (C=O) groups is 1. The summed E-state index contributed by atoms with van der Waals surface area (Å²) >= 11 is 0. The molecule has 4 N–H and O–H groups in total. The number of rotatable bonds is 4. The lowest BCUT2D eigenvalue weighted by Gasteiger charge is -2.26. The summed E-state index contributed by atoms with van der Waals surface area (Å²) in [5, 5.41) is 5.87. The van der Waals surface area contributed by atoms with Gasteiger partial charge in [-0.2, -0.15) is 0 Å². The molecule has 0 radical (unpaired) electrons. The van der Waals surface area contributed by atoms with Crippen LogP contribution in [-0.2, 0) is 6.54 Å². The fourth-order valence-corrected chi connectivity index (χ4v) is 2.80. The van der Waals surface area contributed by atoms with Gasteiger partial charge in [0.15, 0.2) is 5.96 Å². The normalized spacial score (nSPS) is 15.9. The van der Waals surface area contributed by atoms with Crippen molar-refractivity contribution in [2.75, 3.05) is 13.7 Å². The van der Waals surface area contributed by atoms with Gasteiger partial charge in [-0.3, -0.25) is 4.79 Å². The van der Waals surface area contributed by atoms with E-state index in [9.17, 15) is 4.79 Å². The van der Waals surface area contributed by atoms with Crippen molar-refractivity contribution in [3.8, 4) is 5.75 Å². The fourth-order valence-electron chi connectivity index (χ4n) is 2.80. The first-order valence-electron chi connectivity index (χ1n) is 8.26. The number of nitrogens with two attached hydrogens (primary N) is 1. The minimum absolute atomic E-state index is 0. The van der Waals surface area contributed by atoms with E-state index in [1.54, 1.807) is 19.2 Å². The Hall–Kier alpha value is -2.29. The topological polar surface area (TPSA) is 88.7 Å². The van der Waals surface area contributed by atoms with Crippen molar-refractivity contribution in [1.82, 2.24) is 10.6 Å². The Morgan fingerprint density at radius 3 is 2.69 bits per heavy atom. The highest BCUT2D eigenvalue weighted by atomic mass is 127. The molecule has 1 aliphatic heterocycles. The monoisotopic (exact) mass is 466 g/mol. The first-order chi connectivity index (χ1) is 12.2. The van der Waals surface area contributed by atoms with Gasteiger partial charge in [-0.15, -0.1) is 24.0 Å². The van der Waals surface area contributed by atoms with E-state index in [0.717, 1.165) is 23.3 Å². The number of ether oxygens (including phenoxy) is 1. The summed E-state index contributed by atoms with van der Waals surface area (Å²) in [7, 11) is 1.61. The number of benzene rings is 2. The molecule has 0 spiro atoms. The number of aliphatic imine (C=N–C) groups is 1. The third-order valence-electron chi connectivity index (χ3n) is 4.16. The summed E-state index contributed by atoms with van der Waals surface area (Å²) in [6, 6.07) is 15.4. The van der Waals surface area contributed by atoms with Gasteiger partial charge in [-0.1, -0.05) is 30.3 Å². The van der Waals surface area contributed by atoms with E-state index in [1.165, 1.54) is 0 Å². The van der Waals surface area contributed by atoms with E-state index >= 15 is 0 Å². The van der Waals surface area contributed by atoms with Crippen molar-refractivity contribution in [2.45, 2.75) is 19.0 Å². The van der Waals surface area contributed by atoms with Crippen LogP contribution in [0.25, 0.3) is 0 Å². The summed E-state index contributed by atoms with van der Waals surface area (Å²) in [6.45, 7) is 1.11. The van der Waals surface area contributed by atoms with Crippen LogP contribution in [0, 0.1) is 0 Å². The minimum Gasteiger partial charge on any atom is -0.493 e. The SMILES string of the molecule is CNC(=O)c1ccc(CN=C(N)NC2CCOc3ccccc32)cc1.I. The molecular weight excluding hydrogens is 443 g/mol. The van der Waals surface area contributed by atoms with Gasteiger partial charge in [0.2, 0.25) is 0 Å². The molecule has 7 heteroatoms. The molecule has 1 unspecified atom stereocenters. The van der Waals surface area contributed by atoms with Gasteiger partial charge in [-0.05, 0) is 23.8 Å². The molecule has 0 saturated carbocycles. The maximum Gasteiger partial charge on any atom is 0.251 e. The lowest BCUT2D eigenvalue weighted by Crippen LogP contribution is -2.37. The van der Waals surface area contributed by atoms with E-state index < -0.39 is 0 Å². The van der Waals surface area contributed by atoms with Crippen molar-refractivity contribution in [2.24, 2.45) is 10.7 Å². The number of nitrogens with one attached hydrogen (secondary N) is 2. The largest absolute Gasteiger partial charge is 0.493 e. The van der Waals surface area contributed by atoms with E-state index in [4.69, 9.17) is 10.5 Å². The second-order valence-corrected chi connectivity index (χ2v) is 5.85. The number of halogens is 1. The molecule has 0 fully saturated rings. The number of para-hydroxylation sites is 1. The number of carbonyl (C=O) groups excluding carboxylic acids is 1. The van der Waals surface area contributed by atoms with Crippen molar-refractivity contribution < 1.29 is 9.53 Å². The number of fused-ring (bicyclic) bond motifs is 1. The predicted molar refractivity (Wildman–Crippen MR) is 113 cm³/mol. The Labute approximate surface area is 170 Å². The third kappa shape index (κ3) is 4.87. The Morgan fingerprint density at radius 1 is 1.23 bits per heavy atom. The fraction of sp³-hybridized carbons (Fsp3) is 0.263. The van der Waals surface area contributed by atoms with Gasteiger partial charge in [0.25, 0.3) is 5.91 Å². The lowest BCUT2D eigenvalue weighted by atomic mass is 10.0. The van der Waals surface area contributed by atoms with Crippen molar-refractivity contribution in [3.05, 3.63) is 65.2 Å². The van der Waals surface area contributed by atoms with Crippen LogP contribution in [0.1, 0.15) is 33.9 Å². The van der Waals surface area contributed by atoms with Crippen LogP contribution in [0.4, 0.5) is 0 Å². The molecule has 0 aromatic heterocycles. The average Bonchev–Trinajstić information content (AvgIpc) is 2.66. The minimum atomic E-state index is -0.102. The molecule has 6 nitrogen and oxygen atoms in total. The molecule has 0 aliphatic carbocycles. The molecule has 1 heterocycles. The van der Waals surface area contributed by atoms with Crippen LogP contribution in [-0.4, -0.2) is 25.5 Å². The predicted octanol–water partition coefficient (Wildman–Crippen LogP) is 2.59. The number of hydrogen-bond donors (Lipinski definition) is 3. The second-order valence-electron chi connectivity index (χ2n) is 5.85. The van der Waals surface area contributed by atoms with Crippen LogP contribution < -0.4 is 21.1 Å². The van der Waals surface area contributed by atoms with E-state index in [2.05, 4.69) is 15.6 Å². The third-order valence-corrected chi connectivity index (χ3v) is 4.16. The Kier molecular flexibility index (Phi) is 7.26. The highest BCUT2D eigenvalue weighted by molar-refractivity contribution is 14.0. The molecule has 2 aromatic carbocycles. The van der Waals surface area contributed by atoms with Crippen LogP contribution >= 0.6 is 24.0 Å². The molecule has 26 heavy (non-hydrogen) atoms. The van der Waals surface area contributed by atoms with Crippen LogP contribution in [0.2, 0.25) is 0 Å². The maximum absolute atomic E-state index is 11.5. The lowest BCUT2D eigenvalue weighted by molar-refractivity contribution is 0.0963. The number of nitrogens with zero attached hydrogens (tertiary/aromatic N) is 1. The van der Waals surface area contributed by atoms with Crippen molar-refractivity contribution in [1.29, 1.82) is 0 Å². The maximum atomic E-state index is 11.5. The summed E-state index contributed by atoms with van der Waals surface area (Å²) in [4.78, 5) is 15.9. The highest BCUT2D eigenvalue weighted by Crippen LogP contribution is 2.31. The average molecular weight is 466 g/mol. The molecule has 3 rings (SSSR count). The number of amides is 1. The molecular formula is C19H23IN4O2. The highest BCUT2D eigenvalue weighted by Gasteiger charge is 2.21. The van der Waals surface area contributed by atoms with Gasteiger partial charge in [0, 0.05) is 24.6 Å². The second kappa shape index (κ2) is 9.42. The van der Waals surface area contributed by atoms with Crippen molar-refractivity contribution in [3.63, 3.8) is 0 Å². The van der Waals surface area contributed by atoms with E-state index in [0.29, 0.717) is 24.7 Å². The quantitative estimate of drug-likeness (QED) is 0.367. The van der Waals surface area contributed by atoms with Crippen molar-refractivity contribution >= 4 is 35.8 Å². The molecule has 138 valence electrons. The van der Waals surface area contributed by atoms with Crippen LogP contribution in [0.3, 0.4) is 0 Å². The van der Waals surface area contributed by atoms with E-state index in [-0.39, 0.29) is 35.9 Å². The van der Waals surface area contributed by atoms with Gasteiger partial charge < -0.3 is 21.1 Å². The van der Waals surface area contributed by atoms with Gasteiger partial charge in [0.1, 0.15) is 5.75 Å². The van der Waals surface area contributed by atoms with E-state index in [1.807, 2.05) is 36.4 Å². The zero-order chi connectivity index (χ0) is 17.6. The number of guanidine groups is 1. The summed E-state index contributed by atoms with van der Waals surface area (Å²) in [6.07, 6.45) is 0.841. The van der Waals surface area contributed by atoms with Gasteiger partial charge in [0.05, 0.1) is 19.2 Å². The summed E-state index contributed by atoms with van der Waals surface area (Å²) < 4.78 is 5.65. The Balaban J connectivity index is 0.00000243. The Morgan fingerprint density at radius 2 is 1.96 bits per heavy atom. The zero-order valence-corrected chi connectivity index (χ0v) is 16.9. The standard InChI is InChI=1S/C19H22N4O2.HI/c1-21-18(24)14-8-6-13(7-9-14)12-22-19(20)23-16-10-11-25-17-5-3-2-4-15(16)17;/h2-9,16H,10-12H2,1H3,(H,21,24)(H3,20,22,23);1H. The molecule has 1 aliphatic rings. The first kappa shape index (κ1) is 20.0. The summed E-state index contributed by atoms with van der Waals surface area (Å²) in [5.74, 6) is 1.19. The molecule has 2 aromatic rings. The molecule has 0 bridgehead atoms. The molecule has 1 atom stereocenters.